The quantitative estimate of drug-likeness (QED) is 0.442. The van der Waals surface area contributed by atoms with E-state index < -0.39 is 40.2 Å². The van der Waals surface area contributed by atoms with Crippen LogP contribution in [0, 0.1) is 18.6 Å². The van der Waals surface area contributed by atoms with Gasteiger partial charge in [-0.05, 0) is 37.5 Å². The third kappa shape index (κ3) is 8.02. The molecule has 35 heavy (non-hydrogen) atoms. The van der Waals surface area contributed by atoms with E-state index in [1.54, 1.807) is 6.92 Å². The van der Waals surface area contributed by atoms with Gasteiger partial charge in [-0.15, -0.1) is 0 Å². The Morgan fingerprint density at radius 2 is 1.77 bits per heavy atom. The molecule has 2 amide bonds. The fourth-order valence-electron chi connectivity index (χ4n) is 3.69. The lowest BCUT2D eigenvalue weighted by molar-refractivity contribution is -0.140. The Hall–Kier alpha value is -3.01. The van der Waals surface area contributed by atoms with Crippen molar-refractivity contribution in [2.45, 2.75) is 52.6 Å². The average Bonchev–Trinajstić information content (AvgIpc) is 2.78. The number of carbonyl (C=O) groups excluding carboxylic acids is 2. The summed E-state index contributed by atoms with van der Waals surface area (Å²) in [7, 11) is -4.03. The van der Waals surface area contributed by atoms with Crippen LogP contribution in [0.2, 0.25) is 0 Å². The Labute approximate surface area is 206 Å². The van der Waals surface area contributed by atoms with Gasteiger partial charge in [0.15, 0.2) is 11.6 Å². The predicted octanol–water partition coefficient (Wildman–Crippen LogP) is 3.76. The zero-order valence-corrected chi connectivity index (χ0v) is 21.4. The molecule has 2 aromatic rings. The fourth-order valence-corrected chi connectivity index (χ4v) is 4.53. The first-order valence-electron chi connectivity index (χ1n) is 11.5. The number of halogens is 2. The predicted molar refractivity (Wildman–Crippen MR) is 132 cm³/mol. The number of rotatable bonds is 12. The molecule has 0 aliphatic carbocycles. The average molecular weight is 510 g/mol. The largest absolute Gasteiger partial charge is 0.354 e. The molecular weight excluding hydrogens is 476 g/mol. The maximum absolute atomic E-state index is 13.8. The summed E-state index contributed by atoms with van der Waals surface area (Å²) in [6, 6.07) is 9.21. The van der Waals surface area contributed by atoms with E-state index >= 15 is 0 Å². The molecule has 2 aromatic carbocycles. The van der Waals surface area contributed by atoms with Crippen LogP contribution >= 0.6 is 0 Å². The van der Waals surface area contributed by atoms with Crippen LogP contribution in [-0.4, -0.2) is 50.5 Å². The van der Waals surface area contributed by atoms with E-state index in [4.69, 9.17) is 0 Å². The van der Waals surface area contributed by atoms with Crippen molar-refractivity contribution in [2.24, 2.45) is 0 Å². The lowest BCUT2D eigenvalue weighted by atomic mass is 10.1. The summed E-state index contributed by atoms with van der Waals surface area (Å²) in [5.74, 6) is -3.34. The van der Waals surface area contributed by atoms with Gasteiger partial charge in [0, 0.05) is 19.2 Å². The van der Waals surface area contributed by atoms with Crippen LogP contribution < -0.4 is 9.62 Å². The van der Waals surface area contributed by atoms with Gasteiger partial charge < -0.3 is 10.2 Å². The van der Waals surface area contributed by atoms with Crippen molar-refractivity contribution in [3.8, 4) is 0 Å². The highest BCUT2D eigenvalue weighted by atomic mass is 32.2. The topological polar surface area (TPSA) is 86.8 Å². The normalized spacial score (nSPS) is 12.2. The smallest absolute Gasteiger partial charge is 0.244 e. The van der Waals surface area contributed by atoms with Crippen LogP contribution in [0.5, 0.6) is 0 Å². The second-order valence-electron chi connectivity index (χ2n) is 8.45. The molecule has 0 radical (unpaired) electrons. The van der Waals surface area contributed by atoms with Crippen molar-refractivity contribution in [2.75, 3.05) is 23.7 Å². The fraction of sp³-hybridized carbons (Fsp3) is 0.440. The lowest BCUT2D eigenvalue weighted by Crippen LogP contribution is -2.52. The summed E-state index contributed by atoms with van der Waals surface area (Å²) < 4.78 is 53.0. The molecule has 0 saturated carbocycles. The van der Waals surface area contributed by atoms with Crippen LogP contribution in [0.3, 0.4) is 0 Å². The van der Waals surface area contributed by atoms with E-state index in [0.717, 1.165) is 48.4 Å². The highest BCUT2D eigenvalue weighted by Crippen LogP contribution is 2.22. The third-order valence-corrected chi connectivity index (χ3v) is 6.66. The Balaban J connectivity index is 2.42. The van der Waals surface area contributed by atoms with Crippen molar-refractivity contribution < 1.29 is 26.8 Å². The summed E-state index contributed by atoms with van der Waals surface area (Å²) in [6.45, 7) is 5.53. The van der Waals surface area contributed by atoms with E-state index in [-0.39, 0.29) is 18.1 Å². The van der Waals surface area contributed by atoms with Gasteiger partial charge in [-0.3, -0.25) is 13.9 Å². The minimum atomic E-state index is -4.03. The van der Waals surface area contributed by atoms with Crippen molar-refractivity contribution >= 4 is 27.5 Å². The number of carbonyl (C=O) groups is 2. The van der Waals surface area contributed by atoms with Crippen LogP contribution in [0.15, 0.2) is 42.5 Å². The zero-order chi connectivity index (χ0) is 26.2. The van der Waals surface area contributed by atoms with E-state index in [9.17, 15) is 26.8 Å². The molecule has 0 fully saturated rings. The maximum atomic E-state index is 13.8. The van der Waals surface area contributed by atoms with Gasteiger partial charge in [-0.1, -0.05) is 50.1 Å². The Morgan fingerprint density at radius 1 is 1.06 bits per heavy atom. The highest BCUT2D eigenvalue weighted by molar-refractivity contribution is 7.92. The molecule has 0 aliphatic rings. The third-order valence-electron chi connectivity index (χ3n) is 5.52. The summed E-state index contributed by atoms with van der Waals surface area (Å²) in [4.78, 5) is 27.8. The first kappa shape index (κ1) is 28.2. The molecule has 0 bridgehead atoms. The van der Waals surface area contributed by atoms with Crippen molar-refractivity contribution in [3.63, 3.8) is 0 Å². The van der Waals surface area contributed by atoms with E-state index in [1.807, 2.05) is 38.1 Å². The number of amides is 2. The first-order chi connectivity index (χ1) is 16.5. The van der Waals surface area contributed by atoms with Crippen molar-refractivity contribution in [1.29, 1.82) is 0 Å². The molecule has 1 unspecified atom stereocenters. The molecule has 192 valence electrons. The zero-order valence-electron chi connectivity index (χ0n) is 20.6. The Morgan fingerprint density at radius 3 is 2.34 bits per heavy atom. The first-order valence-corrected chi connectivity index (χ1v) is 13.4. The standard InChI is InChI=1S/C25H33F2N3O4S/c1-5-7-13-28-25(32)23(6-2)29(16-19-10-8-9-18(3)14-19)24(31)17-30(35(4,33)34)20-11-12-21(26)22(27)15-20/h8-12,14-15,23H,5-7,13,16-17H2,1-4H3,(H,28,32). The van der Waals surface area contributed by atoms with Crippen LogP contribution in [0.1, 0.15) is 44.2 Å². The van der Waals surface area contributed by atoms with Crippen LogP contribution in [0.4, 0.5) is 14.5 Å². The molecule has 0 heterocycles. The second kappa shape index (κ2) is 12.6. The minimum absolute atomic E-state index is 0.0790. The van der Waals surface area contributed by atoms with Gasteiger partial charge in [-0.25, -0.2) is 17.2 Å². The highest BCUT2D eigenvalue weighted by Gasteiger charge is 2.31. The van der Waals surface area contributed by atoms with E-state index in [0.29, 0.717) is 17.3 Å². The molecule has 7 nitrogen and oxygen atoms in total. The van der Waals surface area contributed by atoms with Crippen molar-refractivity contribution in [1.82, 2.24) is 10.2 Å². The van der Waals surface area contributed by atoms with Gasteiger partial charge in [-0.2, -0.15) is 0 Å². The van der Waals surface area contributed by atoms with E-state index in [1.165, 1.54) is 4.90 Å². The molecule has 0 saturated heterocycles. The number of nitrogens with one attached hydrogen (secondary N) is 1. The number of hydrogen-bond donors (Lipinski definition) is 1. The molecule has 1 N–H and O–H groups in total. The number of hydrogen-bond acceptors (Lipinski definition) is 4. The maximum Gasteiger partial charge on any atom is 0.244 e. The lowest BCUT2D eigenvalue weighted by Gasteiger charge is -2.33. The minimum Gasteiger partial charge on any atom is -0.354 e. The molecule has 0 spiro atoms. The van der Waals surface area contributed by atoms with Gasteiger partial charge in [0.25, 0.3) is 0 Å². The number of unbranched alkanes of at least 4 members (excludes halogenated alkanes) is 1. The van der Waals surface area contributed by atoms with Crippen LogP contribution in [-0.2, 0) is 26.2 Å². The Bertz CT molecular complexity index is 1140. The van der Waals surface area contributed by atoms with Crippen molar-refractivity contribution in [3.05, 3.63) is 65.2 Å². The second-order valence-corrected chi connectivity index (χ2v) is 10.4. The summed E-state index contributed by atoms with van der Waals surface area (Å²) in [5, 5.41) is 2.84. The van der Waals surface area contributed by atoms with E-state index in [2.05, 4.69) is 5.32 Å². The molecule has 1 atom stereocenters. The van der Waals surface area contributed by atoms with Gasteiger partial charge in [0.1, 0.15) is 12.6 Å². The number of benzene rings is 2. The molecular formula is C25H33F2N3O4S. The Kier molecular flexibility index (Phi) is 10.2. The molecule has 2 rings (SSSR count). The summed E-state index contributed by atoms with van der Waals surface area (Å²) >= 11 is 0. The van der Waals surface area contributed by atoms with Gasteiger partial charge >= 0.3 is 0 Å². The van der Waals surface area contributed by atoms with Crippen LogP contribution in [0.25, 0.3) is 0 Å². The molecule has 0 aromatic heterocycles. The van der Waals surface area contributed by atoms with Gasteiger partial charge in [0.05, 0.1) is 11.9 Å². The SMILES string of the molecule is CCCCNC(=O)C(CC)N(Cc1cccc(C)c1)C(=O)CN(c1ccc(F)c(F)c1)S(C)(=O)=O. The monoisotopic (exact) mass is 509 g/mol. The number of nitrogens with zero attached hydrogens (tertiary/aromatic N) is 2. The molecule has 10 heteroatoms. The van der Waals surface area contributed by atoms with Gasteiger partial charge in [0.2, 0.25) is 21.8 Å². The summed E-state index contributed by atoms with van der Waals surface area (Å²) in [5.41, 5.74) is 1.56. The molecule has 0 aliphatic heterocycles. The number of aryl methyl sites for hydroxylation is 1. The summed E-state index contributed by atoms with van der Waals surface area (Å²) in [6.07, 6.45) is 2.85. The number of anilines is 1. The number of sulfonamides is 1.